The summed E-state index contributed by atoms with van der Waals surface area (Å²) in [5, 5.41) is 9.44. The van der Waals surface area contributed by atoms with E-state index in [9.17, 15) is 10.1 Å². The van der Waals surface area contributed by atoms with Crippen LogP contribution in [-0.4, -0.2) is 15.2 Å². The Morgan fingerprint density at radius 1 is 1.08 bits per heavy atom. The van der Waals surface area contributed by atoms with Crippen LogP contribution in [0.15, 0.2) is 77.9 Å². The molecular formula is C31H29N3O2. The van der Waals surface area contributed by atoms with Gasteiger partial charge in [-0.2, -0.15) is 5.26 Å². The fraction of sp³-hybridized carbons (Fsp3) is 0.258. The van der Waals surface area contributed by atoms with Crippen molar-refractivity contribution in [3.8, 4) is 28.6 Å². The molecule has 0 aliphatic carbocycles. The molecule has 1 aromatic heterocycles. The number of aromatic nitrogens is 2. The van der Waals surface area contributed by atoms with Crippen molar-refractivity contribution in [2.24, 2.45) is 0 Å². The van der Waals surface area contributed by atoms with Crippen molar-refractivity contribution in [3.05, 3.63) is 111 Å². The second kappa shape index (κ2) is 9.47. The Morgan fingerprint density at radius 3 is 2.61 bits per heavy atom. The van der Waals surface area contributed by atoms with E-state index in [0.717, 1.165) is 64.2 Å². The molecule has 0 saturated heterocycles. The van der Waals surface area contributed by atoms with Crippen molar-refractivity contribution in [1.29, 1.82) is 5.26 Å². The molecule has 1 aliphatic rings. The highest BCUT2D eigenvalue weighted by Crippen LogP contribution is 2.35. The number of hydrogen-bond acceptors (Lipinski definition) is 4. The van der Waals surface area contributed by atoms with Crippen LogP contribution in [0.5, 0.6) is 5.75 Å². The van der Waals surface area contributed by atoms with Gasteiger partial charge >= 0.3 is 0 Å². The van der Waals surface area contributed by atoms with E-state index in [-0.39, 0.29) is 11.2 Å². The SMILES string of the molecule is CCCc1ncn(-c2ccc3c(c2)CC(C)(C)O3)c(=O)c1Cc1ccc(-c2ccccc2C#N)cc1. The Balaban J connectivity index is 1.49. The Bertz CT molecular complexity index is 1530. The minimum Gasteiger partial charge on any atom is -0.487 e. The van der Waals surface area contributed by atoms with Gasteiger partial charge in [0.1, 0.15) is 17.7 Å². The number of benzene rings is 3. The predicted octanol–water partition coefficient (Wildman–Crippen LogP) is 6.03. The normalized spacial score (nSPS) is 13.6. The number of fused-ring (bicyclic) bond motifs is 1. The van der Waals surface area contributed by atoms with Crippen molar-refractivity contribution in [1.82, 2.24) is 9.55 Å². The molecule has 36 heavy (non-hydrogen) atoms. The fourth-order valence-corrected chi connectivity index (χ4v) is 4.92. The van der Waals surface area contributed by atoms with Crippen LogP contribution in [0.4, 0.5) is 0 Å². The first-order valence-corrected chi connectivity index (χ1v) is 12.4. The maximum Gasteiger partial charge on any atom is 0.261 e. The Morgan fingerprint density at radius 2 is 1.86 bits per heavy atom. The van der Waals surface area contributed by atoms with E-state index in [1.54, 1.807) is 10.9 Å². The zero-order chi connectivity index (χ0) is 25.3. The topological polar surface area (TPSA) is 67.9 Å². The lowest BCUT2D eigenvalue weighted by Gasteiger charge is -2.16. The van der Waals surface area contributed by atoms with E-state index in [1.807, 2.05) is 66.7 Å². The molecule has 1 aliphatic heterocycles. The Kier molecular flexibility index (Phi) is 6.20. The highest BCUT2D eigenvalue weighted by Gasteiger charge is 2.30. The maximum atomic E-state index is 13.7. The minimum atomic E-state index is -0.236. The smallest absolute Gasteiger partial charge is 0.261 e. The van der Waals surface area contributed by atoms with E-state index in [2.05, 4.69) is 26.8 Å². The third-order valence-electron chi connectivity index (χ3n) is 6.66. The number of ether oxygens (including phenoxy) is 1. The summed E-state index contributed by atoms with van der Waals surface area (Å²) >= 11 is 0. The Labute approximate surface area is 211 Å². The van der Waals surface area contributed by atoms with Gasteiger partial charge in [-0.3, -0.25) is 9.36 Å². The van der Waals surface area contributed by atoms with Gasteiger partial charge in [-0.05, 0) is 61.2 Å². The first-order valence-electron chi connectivity index (χ1n) is 12.4. The highest BCUT2D eigenvalue weighted by molar-refractivity contribution is 5.70. The molecule has 0 unspecified atom stereocenters. The summed E-state index contributed by atoms with van der Waals surface area (Å²) in [5.74, 6) is 0.880. The molecule has 0 bridgehead atoms. The Hall–Kier alpha value is -4.17. The monoisotopic (exact) mass is 475 g/mol. The van der Waals surface area contributed by atoms with Crippen molar-refractivity contribution in [2.45, 2.75) is 52.1 Å². The number of nitrogens with zero attached hydrogens (tertiary/aromatic N) is 3. The van der Waals surface area contributed by atoms with Crippen LogP contribution in [-0.2, 0) is 19.3 Å². The summed E-state index contributed by atoms with van der Waals surface area (Å²) in [7, 11) is 0. The van der Waals surface area contributed by atoms with Crippen LogP contribution in [0.2, 0.25) is 0 Å². The summed E-state index contributed by atoms with van der Waals surface area (Å²) in [6.45, 7) is 6.24. The summed E-state index contributed by atoms with van der Waals surface area (Å²) in [6, 6.07) is 23.9. The summed E-state index contributed by atoms with van der Waals surface area (Å²) in [4.78, 5) is 18.4. The summed E-state index contributed by atoms with van der Waals surface area (Å²) in [6.07, 6.45) is 4.63. The quantitative estimate of drug-likeness (QED) is 0.342. The van der Waals surface area contributed by atoms with Crippen molar-refractivity contribution >= 4 is 0 Å². The average molecular weight is 476 g/mol. The van der Waals surface area contributed by atoms with Gasteiger partial charge in [-0.1, -0.05) is 55.8 Å². The van der Waals surface area contributed by atoms with Crippen molar-refractivity contribution < 1.29 is 4.74 Å². The van der Waals surface area contributed by atoms with Crippen LogP contribution in [0.1, 0.15) is 55.1 Å². The van der Waals surface area contributed by atoms with E-state index in [4.69, 9.17) is 9.72 Å². The molecule has 3 aromatic carbocycles. The lowest BCUT2D eigenvalue weighted by atomic mass is 9.97. The molecule has 0 N–H and O–H groups in total. The molecule has 5 heteroatoms. The van der Waals surface area contributed by atoms with Gasteiger partial charge in [-0.25, -0.2) is 4.98 Å². The van der Waals surface area contributed by atoms with Crippen LogP contribution in [0.3, 0.4) is 0 Å². The molecule has 0 fully saturated rings. The molecule has 180 valence electrons. The maximum absolute atomic E-state index is 13.7. The van der Waals surface area contributed by atoms with Crippen LogP contribution in [0.25, 0.3) is 16.8 Å². The van der Waals surface area contributed by atoms with Crippen molar-refractivity contribution in [2.75, 3.05) is 0 Å². The van der Waals surface area contributed by atoms with Crippen LogP contribution >= 0.6 is 0 Å². The van der Waals surface area contributed by atoms with E-state index in [0.29, 0.717) is 12.0 Å². The number of aryl methyl sites for hydroxylation is 1. The van der Waals surface area contributed by atoms with Crippen molar-refractivity contribution in [3.63, 3.8) is 0 Å². The highest BCUT2D eigenvalue weighted by atomic mass is 16.5. The van der Waals surface area contributed by atoms with E-state index >= 15 is 0 Å². The van der Waals surface area contributed by atoms with Gasteiger partial charge in [0.25, 0.3) is 5.56 Å². The van der Waals surface area contributed by atoms with Gasteiger partial charge in [0.2, 0.25) is 0 Å². The molecule has 5 nitrogen and oxygen atoms in total. The van der Waals surface area contributed by atoms with Gasteiger partial charge in [-0.15, -0.1) is 0 Å². The third kappa shape index (κ3) is 4.55. The van der Waals surface area contributed by atoms with Gasteiger partial charge in [0.15, 0.2) is 0 Å². The third-order valence-corrected chi connectivity index (χ3v) is 6.66. The van der Waals surface area contributed by atoms with Gasteiger partial charge < -0.3 is 4.74 Å². The molecule has 4 aromatic rings. The minimum absolute atomic E-state index is 0.0366. The molecule has 0 spiro atoms. The number of hydrogen-bond donors (Lipinski definition) is 0. The second-order valence-electron chi connectivity index (χ2n) is 9.96. The molecule has 0 radical (unpaired) electrons. The van der Waals surface area contributed by atoms with Crippen LogP contribution < -0.4 is 10.3 Å². The van der Waals surface area contributed by atoms with E-state index < -0.39 is 0 Å². The molecule has 2 heterocycles. The van der Waals surface area contributed by atoms with Gasteiger partial charge in [0.05, 0.1) is 23.0 Å². The molecular weight excluding hydrogens is 446 g/mol. The summed E-state index contributed by atoms with van der Waals surface area (Å²) in [5.41, 5.74) is 6.79. The van der Waals surface area contributed by atoms with E-state index in [1.165, 1.54) is 0 Å². The fourth-order valence-electron chi connectivity index (χ4n) is 4.92. The predicted molar refractivity (Wildman–Crippen MR) is 142 cm³/mol. The molecule has 0 saturated carbocycles. The summed E-state index contributed by atoms with van der Waals surface area (Å²) < 4.78 is 7.65. The second-order valence-corrected chi connectivity index (χ2v) is 9.96. The first kappa shape index (κ1) is 23.6. The number of rotatable bonds is 6. The van der Waals surface area contributed by atoms with Gasteiger partial charge in [0, 0.05) is 24.0 Å². The lowest BCUT2D eigenvalue weighted by Crippen LogP contribution is -2.25. The lowest BCUT2D eigenvalue weighted by molar-refractivity contribution is 0.138. The molecule has 0 atom stereocenters. The molecule has 5 rings (SSSR count). The standard InChI is InChI=1S/C31H29N3O2/c1-4-7-28-27(16-21-10-12-22(13-11-21)26-9-6-5-8-23(26)19-32)30(35)34(20-33-28)25-14-15-29-24(17-25)18-31(2,3)36-29/h5-6,8-15,17,20H,4,7,16,18H2,1-3H3. The van der Waals surface area contributed by atoms with Crippen LogP contribution in [0, 0.1) is 11.3 Å². The zero-order valence-electron chi connectivity index (χ0n) is 20.9. The molecule has 0 amide bonds. The largest absolute Gasteiger partial charge is 0.487 e. The number of nitriles is 1. The first-order chi connectivity index (χ1) is 17.4. The average Bonchev–Trinajstić information content (AvgIpc) is 3.19. The zero-order valence-corrected chi connectivity index (χ0v) is 20.9.